The van der Waals surface area contributed by atoms with Crippen LogP contribution in [0.25, 0.3) is 0 Å². The lowest BCUT2D eigenvalue weighted by Gasteiger charge is -2.27. The molecular weight excluding hydrogens is 368 g/mol. The molecule has 2 aliphatic rings. The number of aromatic nitrogens is 2. The van der Waals surface area contributed by atoms with Crippen molar-refractivity contribution in [3.8, 4) is 0 Å². The summed E-state index contributed by atoms with van der Waals surface area (Å²) in [6.07, 6.45) is 2.83. The van der Waals surface area contributed by atoms with Crippen LogP contribution in [0.3, 0.4) is 0 Å². The van der Waals surface area contributed by atoms with Gasteiger partial charge in [-0.05, 0) is 38.9 Å². The highest BCUT2D eigenvalue weighted by molar-refractivity contribution is 6.16. The lowest BCUT2D eigenvalue weighted by Crippen LogP contribution is -2.43. The first-order chi connectivity index (χ1) is 14.1. The molecular formula is C21H28N6O2. The van der Waals surface area contributed by atoms with E-state index in [1.165, 1.54) is 0 Å². The van der Waals surface area contributed by atoms with E-state index in [9.17, 15) is 9.59 Å². The number of hydrogen-bond acceptors (Lipinski definition) is 5. The number of anilines is 3. The highest BCUT2D eigenvalue weighted by Gasteiger charge is 2.33. The van der Waals surface area contributed by atoms with E-state index >= 15 is 0 Å². The first kappa shape index (κ1) is 19.6. The van der Waals surface area contributed by atoms with Gasteiger partial charge in [-0.2, -0.15) is 5.10 Å². The van der Waals surface area contributed by atoms with Crippen molar-refractivity contribution in [2.75, 3.05) is 42.9 Å². The molecule has 1 fully saturated rings. The average Bonchev–Trinajstić information content (AvgIpc) is 3.10. The molecule has 0 bridgehead atoms. The normalized spacial score (nSPS) is 16.9. The van der Waals surface area contributed by atoms with Crippen molar-refractivity contribution in [3.05, 3.63) is 36.2 Å². The number of rotatable bonds is 5. The van der Waals surface area contributed by atoms with Crippen LogP contribution in [0.15, 0.2) is 30.5 Å². The molecule has 1 saturated heterocycles. The minimum absolute atomic E-state index is 0.00961. The monoisotopic (exact) mass is 396 g/mol. The molecule has 0 atom stereocenters. The molecule has 0 saturated carbocycles. The van der Waals surface area contributed by atoms with Crippen LogP contribution in [-0.4, -0.2) is 59.2 Å². The van der Waals surface area contributed by atoms with E-state index in [2.05, 4.69) is 20.6 Å². The van der Waals surface area contributed by atoms with Crippen LogP contribution in [0.2, 0.25) is 0 Å². The van der Waals surface area contributed by atoms with Crippen LogP contribution in [0, 0.1) is 0 Å². The Kier molecular flexibility index (Phi) is 5.64. The number of hydrogen-bond donors (Lipinski definition) is 2. The molecule has 3 heterocycles. The topological polar surface area (TPSA) is 82.5 Å². The molecule has 4 rings (SSSR count). The SMILES string of the molecule is CC(C)n1ncc2c1C(=O)Nc1ccccc1N2C(=O)CCCN1CCNCC1. The van der Waals surface area contributed by atoms with Gasteiger partial charge < -0.3 is 15.5 Å². The van der Waals surface area contributed by atoms with E-state index in [-0.39, 0.29) is 17.9 Å². The zero-order chi connectivity index (χ0) is 20.4. The molecule has 0 unspecified atom stereocenters. The fourth-order valence-electron chi connectivity index (χ4n) is 3.98. The Morgan fingerprint density at radius 1 is 1.17 bits per heavy atom. The Morgan fingerprint density at radius 2 is 1.93 bits per heavy atom. The number of piperazine rings is 1. The zero-order valence-corrected chi connectivity index (χ0v) is 17.0. The molecule has 2 N–H and O–H groups in total. The summed E-state index contributed by atoms with van der Waals surface area (Å²) in [6, 6.07) is 7.44. The van der Waals surface area contributed by atoms with Gasteiger partial charge >= 0.3 is 0 Å². The van der Waals surface area contributed by atoms with Crippen LogP contribution < -0.4 is 15.5 Å². The standard InChI is InChI=1S/C21H28N6O2/c1-15(2)27-20-18(14-23-27)26(17-7-4-3-6-16(17)24-21(20)29)19(28)8-5-11-25-12-9-22-10-13-25/h3-4,6-7,14-15,22H,5,8-13H2,1-2H3,(H,24,29). The average molecular weight is 396 g/mol. The van der Waals surface area contributed by atoms with Gasteiger partial charge in [-0.25, -0.2) is 0 Å². The number of amides is 2. The van der Waals surface area contributed by atoms with Gasteiger partial charge in [0.05, 0.1) is 17.6 Å². The van der Waals surface area contributed by atoms with Crippen molar-refractivity contribution in [2.45, 2.75) is 32.7 Å². The molecule has 1 aromatic heterocycles. The fraction of sp³-hybridized carbons (Fsp3) is 0.476. The summed E-state index contributed by atoms with van der Waals surface area (Å²) in [5.41, 5.74) is 2.30. The molecule has 2 aliphatic heterocycles. The maximum atomic E-state index is 13.3. The van der Waals surface area contributed by atoms with Crippen molar-refractivity contribution in [3.63, 3.8) is 0 Å². The Labute approximate surface area is 170 Å². The predicted molar refractivity (Wildman–Crippen MR) is 113 cm³/mol. The number of benzene rings is 1. The van der Waals surface area contributed by atoms with Gasteiger partial charge in [0.1, 0.15) is 5.69 Å². The van der Waals surface area contributed by atoms with Crippen molar-refractivity contribution in [2.24, 2.45) is 0 Å². The molecule has 2 amide bonds. The largest absolute Gasteiger partial charge is 0.319 e. The van der Waals surface area contributed by atoms with Gasteiger partial charge in [0.15, 0.2) is 5.69 Å². The summed E-state index contributed by atoms with van der Waals surface area (Å²) in [6.45, 7) is 8.88. The molecule has 2 aromatic rings. The second-order valence-electron chi connectivity index (χ2n) is 7.81. The second-order valence-corrected chi connectivity index (χ2v) is 7.81. The molecule has 8 heteroatoms. The number of fused-ring (bicyclic) bond motifs is 2. The van der Waals surface area contributed by atoms with E-state index in [0.29, 0.717) is 29.2 Å². The molecule has 1 aromatic carbocycles. The van der Waals surface area contributed by atoms with Crippen LogP contribution in [-0.2, 0) is 4.79 Å². The Bertz CT molecular complexity index is 900. The highest BCUT2D eigenvalue weighted by Crippen LogP contribution is 2.38. The third-order valence-corrected chi connectivity index (χ3v) is 5.44. The Balaban J connectivity index is 1.61. The number of nitrogens with zero attached hydrogens (tertiary/aromatic N) is 4. The molecule has 154 valence electrons. The number of nitrogens with one attached hydrogen (secondary N) is 2. The van der Waals surface area contributed by atoms with Gasteiger partial charge in [0.25, 0.3) is 5.91 Å². The molecule has 8 nitrogen and oxygen atoms in total. The van der Waals surface area contributed by atoms with Gasteiger partial charge in [-0.3, -0.25) is 19.2 Å². The Hall–Kier alpha value is -2.71. The first-order valence-corrected chi connectivity index (χ1v) is 10.3. The lowest BCUT2D eigenvalue weighted by atomic mass is 10.2. The molecule has 0 spiro atoms. The predicted octanol–water partition coefficient (Wildman–Crippen LogP) is 2.38. The molecule has 0 radical (unpaired) electrons. The van der Waals surface area contributed by atoms with Crippen LogP contribution in [0.1, 0.15) is 43.2 Å². The summed E-state index contributed by atoms with van der Waals surface area (Å²) in [5, 5.41) is 10.7. The summed E-state index contributed by atoms with van der Waals surface area (Å²) >= 11 is 0. The summed E-state index contributed by atoms with van der Waals surface area (Å²) in [4.78, 5) is 30.3. The lowest BCUT2D eigenvalue weighted by molar-refractivity contribution is -0.118. The molecule has 29 heavy (non-hydrogen) atoms. The van der Waals surface area contributed by atoms with Gasteiger partial charge in [0.2, 0.25) is 5.91 Å². The summed E-state index contributed by atoms with van der Waals surface area (Å²) in [5.74, 6) is -0.261. The van der Waals surface area contributed by atoms with Gasteiger partial charge in [-0.1, -0.05) is 12.1 Å². The van der Waals surface area contributed by atoms with E-state index in [1.54, 1.807) is 15.8 Å². The second kappa shape index (κ2) is 8.34. The van der Waals surface area contributed by atoms with Crippen molar-refractivity contribution >= 4 is 28.9 Å². The highest BCUT2D eigenvalue weighted by atomic mass is 16.2. The smallest absolute Gasteiger partial charge is 0.276 e. The van der Waals surface area contributed by atoms with E-state index in [1.807, 2.05) is 38.1 Å². The van der Waals surface area contributed by atoms with Crippen molar-refractivity contribution in [1.29, 1.82) is 0 Å². The Morgan fingerprint density at radius 3 is 2.69 bits per heavy atom. The number of carbonyl (C=O) groups is 2. The van der Waals surface area contributed by atoms with Gasteiger partial charge in [-0.15, -0.1) is 0 Å². The van der Waals surface area contributed by atoms with Crippen molar-refractivity contribution in [1.82, 2.24) is 20.0 Å². The number of carbonyl (C=O) groups excluding carboxylic acids is 2. The third kappa shape index (κ3) is 3.90. The van der Waals surface area contributed by atoms with Crippen LogP contribution in [0.5, 0.6) is 0 Å². The minimum atomic E-state index is -0.241. The summed E-state index contributed by atoms with van der Waals surface area (Å²) in [7, 11) is 0. The van der Waals surface area contributed by atoms with Crippen LogP contribution in [0.4, 0.5) is 17.1 Å². The maximum absolute atomic E-state index is 13.3. The van der Waals surface area contributed by atoms with Crippen LogP contribution >= 0.6 is 0 Å². The van der Waals surface area contributed by atoms with Crippen molar-refractivity contribution < 1.29 is 9.59 Å². The quantitative estimate of drug-likeness (QED) is 0.811. The van der Waals surface area contributed by atoms with E-state index < -0.39 is 0 Å². The van der Waals surface area contributed by atoms with Gasteiger partial charge in [0, 0.05) is 38.6 Å². The molecule has 0 aliphatic carbocycles. The van der Waals surface area contributed by atoms with E-state index in [0.717, 1.165) is 39.1 Å². The summed E-state index contributed by atoms with van der Waals surface area (Å²) < 4.78 is 1.68. The minimum Gasteiger partial charge on any atom is -0.319 e. The maximum Gasteiger partial charge on any atom is 0.276 e. The van der Waals surface area contributed by atoms with E-state index in [4.69, 9.17) is 0 Å². The fourth-order valence-corrected chi connectivity index (χ4v) is 3.98. The number of para-hydroxylation sites is 2. The zero-order valence-electron chi connectivity index (χ0n) is 17.0. The third-order valence-electron chi connectivity index (χ3n) is 5.44. The first-order valence-electron chi connectivity index (χ1n) is 10.3.